The molecule has 2 aromatic heterocycles. The quantitative estimate of drug-likeness (QED) is 0.460. The van der Waals surface area contributed by atoms with Gasteiger partial charge in [-0.2, -0.15) is 0 Å². The number of hydrogen-bond acceptors (Lipinski definition) is 8. The van der Waals surface area contributed by atoms with E-state index in [2.05, 4.69) is 25.5 Å². The molecule has 33 heavy (non-hydrogen) atoms. The van der Waals surface area contributed by atoms with E-state index < -0.39 is 5.82 Å². The lowest BCUT2D eigenvalue weighted by atomic mass is 10.1. The fourth-order valence-corrected chi connectivity index (χ4v) is 3.65. The summed E-state index contributed by atoms with van der Waals surface area (Å²) in [5.41, 5.74) is 9.95. The minimum atomic E-state index is -0.445. The highest BCUT2D eigenvalue weighted by atomic mass is 19.1. The summed E-state index contributed by atoms with van der Waals surface area (Å²) in [6.07, 6.45) is 2.55. The highest BCUT2D eigenvalue weighted by Gasteiger charge is 2.19. The van der Waals surface area contributed by atoms with Crippen LogP contribution in [0.3, 0.4) is 0 Å². The summed E-state index contributed by atoms with van der Waals surface area (Å²) in [6.45, 7) is 4.00. The first-order chi connectivity index (χ1) is 16.1. The van der Waals surface area contributed by atoms with Crippen molar-refractivity contribution in [2.45, 2.75) is 25.9 Å². The molecule has 0 aliphatic carbocycles. The number of rotatable bonds is 6. The Kier molecular flexibility index (Phi) is 5.80. The number of aryl methyl sites for hydroxylation is 1. The summed E-state index contributed by atoms with van der Waals surface area (Å²) in [5, 5.41) is 11.4. The van der Waals surface area contributed by atoms with Crippen LogP contribution in [0.4, 0.5) is 10.2 Å². The van der Waals surface area contributed by atoms with E-state index in [4.69, 9.17) is 14.9 Å². The van der Waals surface area contributed by atoms with E-state index in [1.807, 2.05) is 37.3 Å². The highest BCUT2D eigenvalue weighted by Crippen LogP contribution is 2.29. The van der Waals surface area contributed by atoms with E-state index in [0.717, 1.165) is 29.7 Å². The van der Waals surface area contributed by atoms with Gasteiger partial charge >= 0.3 is 0 Å². The van der Waals surface area contributed by atoms with Gasteiger partial charge in [0.2, 0.25) is 0 Å². The Morgan fingerprint density at radius 2 is 1.94 bits per heavy atom. The molecule has 1 unspecified atom stereocenters. The van der Waals surface area contributed by atoms with Gasteiger partial charge in [-0.05, 0) is 31.0 Å². The molecule has 8 nitrogen and oxygen atoms in total. The predicted octanol–water partition coefficient (Wildman–Crippen LogP) is 3.77. The zero-order valence-corrected chi connectivity index (χ0v) is 18.1. The third-order valence-electron chi connectivity index (χ3n) is 5.56. The number of halogens is 1. The van der Waals surface area contributed by atoms with Crippen LogP contribution in [0.15, 0.2) is 53.1 Å². The molecular weight excluding hydrogens is 423 g/mol. The van der Waals surface area contributed by atoms with Crippen molar-refractivity contribution < 1.29 is 13.5 Å². The van der Waals surface area contributed by atoms with E-state index in [9.17, 15) is 4.39 Å². The molecule has 0 spiro atoms. The minimum Gasteiger partial charge on any atom is -0.414 e. The minimum absolute atomic E-state index is 0.0492. The van der Waals surface area contributed by atoms with E-state index >= 15 is 0 Å². The van der Waals surface area contributed by atoms with Gasteiger partial charge in [-0.3, -0.25) is 0 Å². The van der Waals surface area contributed by atoms with Gasteiger partial charge in [0.15, 0.2) is 11.5 Å². The van der Waals surface area contributed by atoms with Gasteiger partial charge in [-0.25, -0.2) is 14.4 Å². The zero-order valence-electron chi connectivity index (χ0n) is 18.1. The van der Waals surface area contributed by atoms with Gasteiger partial charge in [0.25, 0.3) is 11.8 Å². The number of benzene rings is 2. The molecule has 0 saturated carbocycles. The maximum atomic E-state index is 14.8. The van der Waals surface area contributed by atoms with Gasteiger partial charge in [0.05, 0.1) is 24.1 Å². The zero-order chi connectivity index (χ0) is 22.8. The van der Waals surface area contributed by atoms with E-state index in [-0.39, 0.29) is 28.9 Å². The van der Waals surface area contributed by atoms with Crippen molar-refractivity contribution >= 4 is 5.82 Å². The lowest BCUT2D eigenvalue weighted by Crippen LogP contribution is -2.28. The molecule has 2 aromatic carbocycles. The largest absolute Gasteiger partial charge is 0.414 e. The maximum absolute atomic E-state index is 14.8. The van der Waals surface area contributed by atoms with Crippen molar-refractivity contribution in [2.75, 3.05) is 18.9 Å². The van der Waals surface area contributed by atoms with E-state index in [1.54, 1.807) is 12.3 Å². The SMILES string of the molecule is Cc1ccc(-c2cnc(N)c(-c3nnc(-c4ccc(CNC5CCOC5)cc4F)o3)n2)cc1. The number of nitrogens with two attached hydrogens (primary N) is 1. The number of nitrogens with zero attached hydrogens (tertiary/aromatic N) is 4. The number of nitrogens with one attached hydrogen (secondary N) is 1. The molecule has 0 bridgehead atoms. The number of nitrogen functional groups attached to an aromatic ring is 1. The Morgan fingerprint density at radius 1 is 1.12 bits per heavy atom. The normalized spacial score (nSPS) is 15.8. The second-order valence-electron chi connectivity index (χ2n) is 8.02. The molecule has 1 fully saturated rings. The van der Waals surface area contributed by atoms with Crippen LogP contribution < -0.4 is 11.1 Å². The summed E-state index contributed by atoms with van der Waals surface area (Å²) in [4.78, 5) is 8.77. The fraction of sp³-hybridized carbons (Fsp3) is 0.250. The van der Waals surface area contributed by atoms with Gasteiger partial charge in [0, 0.05) is 24.8 Å². The molecule has 5 rings (SSSR count). The summed E-state index contributed by atoms with van der Waals surface area (Å²) < 4.78 is 25.9. The average Bonchev–Trinajstić information content (AvgIpc) is 3.51. The molecule has 0 radical (unpaired) electrons. The molecule has 4 aromatic rings. The third-order valence-corrected chi connectivity index (χ3v) is 5.56. The maximum Gasteiger partial charge on any atom is 0.270 e. The van der Waals surface area contributed by atoms with Gasteiger partial charge < -0.3 is 20.2 Å². The van der Waals surface area contributed by atoms with E-state index in [0.29, 0.717) is 24.9 Å². The van der Waals surface area contributed by atoms with Crippen molar-refractivity contribution in [3.8, 4) is 34.3 Å². The van der Waals surface area contributed by atoms with Crippen LogP contribution in [-0.2, 0) is 11.3 Å². The fourth-order valence-electron chi connectivity index (χ4n) is 3.65. The molecule has 3 heterocycles. The highest BCUT2D eigenvalue weighted by molar-refractivity contribution is 5.69. The Bertz CT molecular complexity index is 1270. The molecule has 1 atom stereocenters. The summed E-state index contributed by atoms with van der Waals surface area (Å²) in [6, 6.07) is 13.1. The summed E-state index contributed by atoms with van der Waals surface area (Å²) >= 11 is 0. The van der Waals surface area contributed by atoms with Gasteiger partial charge in [-0.1, -0.05) is 35.9 Å². The van der Waals surface area contributed by atoms with Crippen LogP contribution in [0.5, 0.6) is 0 Å². The number of ether oxygens (including phenoxy) is 1. The molecule has 1 aliphatic heterocycles. The van der Waals surface area contributed by atoms with Crippen molar-refractivity contribution in [2.24, 2.45) is 0 Å². The van der Waals surface area contributed by atoms with Crippen LogP contribution in [0.25, 0.3) is 34.3 Å². The van der Waals surface area contributed by atoms with Crippen molar-refractivity contribution in [3.05, 3.63) is 65.6 Å². The van der Waals surface area contributed by atoms with Gasteiger partial charge in [0.1, 0.15) is 5.82 Å². The molecule has 1 aliphatic rings. The molecule has 3 N–H and O–H groups in total. The summed E-state index contributed by atoms with van der Waals surface area (Å²) in [7, 11) is 0. The van der Waals surface area contributed by atoms with E-state index in [1.165, 1.54) is 6.07 Å². The first-order valence-electron chi connectivity index (χ1n) is 10.7. The first-order valence-corrected chi connectivity index (χ1v) is 10.7. The molecule has 9 heteroatoms. The Hall–Kier alpha value is -3.69. The lowest BCUT2D eigenvalue weighted by molar-refractivity contribution is 0.190. The van der Waals surface area contributed by atoms with Crippen LogP contribution in [0.2, 0.25) is 0 Å². The average molecular weight is 446 g/mol. The summed E-state index contributed by atoms with van der Waals surface area (Å²) in [5.74, 6) is -0.165. The molecule has 168 valence electrons. The predicted molar refractivity (Wildman–Crippen MR) is 121 cm³/mol. The van der Waals surface area contributed by atoms with Crippen LogP contribution >= 0.6 is 0 Å². The number of hydrogen-bond donors (Lipinski definition) is 2. The second-order valence-corrected chi connectivity index (χ2v) is 8.02. The van der Waals surface area contributed by atoms with Gasteiger partial charge in [-0.15, -0.1) is 10.2 Å². The molecule has 1 saturated heterocycles. The molecule has 0 amide bonds. The monoisotopic (exact) mass is 446 g/mol. The lowest BCUT2D eigenvalue weighted by Gasteiger charge is -2.10. The first kappa shape index (κ1) is 21.2. The topological polar surface area (TPSA) is 112 Å². The number of anilines is 1. The van der Waals surface area contributed by atoms with Crippen molar-refractivity contribution in [1.29, 1.82) is 0 Å². The van der Waals surface area contributed by atoms with Crippen LogP contribution in [0, 0.1) is 12.7 Å². The Morgan fingerprint density at radius 3 is 2.70 bits per heavy atom. The van der Waals surface area contributed by atoms with Crippen molar-refractivity contribution in [1.82, 2.24) is 25.5 Å². The smallest absolute Gasteiger partial charge is 0.270 e. The Labute approximate surface area is 190 Å². The van der Waals surface area contributed by atoms with Crippen molar-refractivity contribution in [3.63, 3.8) is 0 Å². The Balaban J connectivity index is 1.38. The third kappa shape index (κ3) is 4.59. The number of aromatic nitrogens is 4. The standard InChI is InChI=1S/C24H23FN6O2/c1-14-2-5-16(6-3-14)20-12-28-22(26)21(29-20)24-31-30-23(33-24)18-7-4-15(10-19(18)25)11-27-17-8-9-32-13-17/h2-7,10,12,17,27H,8-9,11,13H2,1H3,(H2,26,28). The second kappa shape index (κ2) is 9.05. The molecular formula is C24H23FN6O2. The van der Waals surface area contributed by atoms with Crippen LogP contribution in [-0.4, -0.2) is 39.4 Å². The van der Waals surface area contributed by atoms with Crippen LogP contribution in [0.1, 0.15) is 17.5 Å².